The molecule has 126 valence electrons. The molecule has 0 aliphatic rings. The summed E-state index contributed by atoms with van der Waals surface area (Å²) in [5, 5.41) is 0. The van der Waals surface area contributed by atoms with Gasteiger partial charge in [0, 0.05) is 0 Å². The quantitative estimate of drug-likeness (QED) is 0.571. The molecule has 0 spiro atoms. The molecule has 0 amide bonds. The number of hydrogen-bond donors (Lipinski definition) is 0. The van der Waals surface area contributed by atoms with Crippen LogP contribution in [0, 0.1) is 51.4 Å². The maximum absolute atomic E-state index is 2.40. The zero-order valence-corrected chi connectivity index (χ0v) is 17.0. The highest BCUT2D eigenvalue weighted by Gasteiger charge is 2.34. The minimum absolute atomic E-state index is 0.356. The molecule has 22 heavy (non-hydrogen) atoms. The molecular weight excluding hydrogens is 264 g/mol. The average molecular weight is 303 g/mol. The predicted molar refractivity (Wildman–Crippen MR) is 101 cm³/mol. The monoisotopic (exact) mass is 302 g/mol. The standard InChI is InChI=1S/C22H38/c1-14-15(2)17(4)19(18(5)16(14)3)12-13-20(21(6,7)8)22(9,10)11/h20H,12-13H2,1-11H3. The first-order valence-electron chi connectivity index (χ1n) is 8.84. The Morgan fingerprint density at radius 1 is 0.591 bits per heavy atom. The smallest absolute Gasteiger partial charge is 0.0270 e. The molecule has 0 fully saturated rings. The van der Waals surface area contributed by atoms with Gasteiger partial charge < -0.3 is 0 Å². The Hall–Kier alpha value is -0.780. The summed E-state index contributed by atoms with van der Waals surface area (Å²) >= 11 is 0. The highest BCUT2D eigenvalue weighted by atomic mass is 14.4. The average Bonchev–Trinajstić information content (AvgIpc) is 2.35. The largest absolute Gasteiger partial charge is 0.0599 e. The first kappa shape index (κ1) is 19.3. The van der Waals surface area contributed by atoms with Crippen molar-refractivity contribution in [3.63, 3.8) is 0 Å². The Kier molecular flexibility index (Phi) is 5.59. The molecule has 0 radical (unpaired) electrons. The van der Waals surface area contributed by atoms with Crippen molar-refractivity contribution in [2.45, 2.75) is 89.0 Å². The Morgan fingerprint density at radius 3 is 1.23 bits per heavy atom. The lowest BCUT2D eigenvalue weighted by Crippen LogP contribution is -2.33. The number of benzene rings is 1. The van der Waals surface area contributed by atoms with Gasteiger partial charge in [0.15, 0.2) is 0 Å². The van der Waals surface area contributed by atoms with Crippen LogP contribution < -0.4 is 0 Å². The van der Waals surface area contributed by atoms with E-state index in [1.165, 1.54) is 40.7 Å². The van der Waals surface area contributed by atoms with E-state index in [2.05, 4.69) is 76.2 Å². The molecular formula is C22H38. The molecule has 1 aromatic rings. The van der Waals surface area contributed by atoms with E-state index in [1.54, 1.807) is 5.56 Å². The van der Waals surface area contributed by atoms with E-state index in [0.29, 0.717) is 10.8 Å². The lowest BCUT2D eigenvalue weighted by Gasteiger charge is -2.41. The van der Waals surface area contributed by atoms with E-state index >= 15 is 0 Å². The lowest BCUT2D eigenvalue weighted by atomic mass is 9.64. The SMILES string of the molecule is Cc1c(C)c(C)c(CCC(C(C)(C)C)C(C)(C)C)c(C)c1C. The molecule has 0 saturated carbocycles. The Morgan fingerprint density at radius 2 is 0.909 bits per heavy atom. The van der Waals surface area contributed by atoms with Gasteiger partial charge in [0.2, 0.25) is 0 Å². The van der Waals surface area contributed by atoms with Gasteiger partial charge in [-0.1, -0.05) is 41.5 Å². The van der Waals surface area contributed by atoms with Gasteiger partial charge in [-0.3, -0.25) is 0 Å². The van der Waals surface area contributed by atoms with E-state index in [4.69, 9.17) is 0 Å². The fourth-order valence-electron chi connectivity index (χ4n) is 4.41. The molecule has 0 unspecified atom stereocenters. The predicted octanol–water partition coefficient (Wildman–Crippen LogP) is 6.87. The highest BCUT2D eigenvalue weighted by molar-refractivity contribution is 5.49. The van der Waals surface area contributed by atoms with Crippen LogP contribution >= 0.6 is 0 Å². The summed E-state index contributed by atoms with van der Waals surface area (Å²) in [4.78, 5) is 0. The molecule has 0 aromatic heterocycles. The number of hydrogen-bond acceptors (Lipinski definition) is 0. The summed E-state index contributed by atoms with van der Waals surface area (Å²) in [5.74, 6) is 0.723. The van der Waals surface area contributed by atoms with E-state index in [9.17, 15) is 0 Å². The van der Waals surface area contributed by atoms with E-state index in [1.807, 2.05) is 0 Å². The maximum Gasteiger partial charge on any atom is -0.0270 e. The minimum atomic E-state index is 0.356. The van der Waals surface area contributed by atoms with Gasteiger partial charge in [-0.15, -0.1) is 0 Å². The van der Waals surface area contributed by atoms with E-state index in [-0.39, 0.29) is 0 Å². The molecule has 0 N–H and O–H groups in total. The van der Waals surface area contributed by atoms with Crippen molar-refractivity contribution in [2.75, 3.05) is 0 Å². The zero-order valence-electron chi connectivity index (χ0n) is 17.0. The van der Waals surface area contributed by atoms with Gasteiger partial charge in [0.25, 0.3) is 0 Å². The summed E-state index contributed by atoms with van der Waals surface area (Å²) < 4.78 is 0. The van der Waals surface area contributed by atoms with Crippen molar-refractivity contribution in [2.24, 2.45) is 16.7 Å². The van der Waals surface area contributed by atoms with Gasteiger partial charge in [-0.05, 0) is 97.6 Å². The van der Waals surface area contributed by atoms with Gasteiger partial charge in [0.1, 0.15) is 0 Å². The summed E-state index contributed by atoms with van der Waals surface area (Å²) in [6.07, 6.45) is 2.48. The first-order valence-corrected chi connectivity index (χ1v) is 8.84. The normalized spacial score (nSPS) is 13.1. The third-order valence-electron chi connectivity index (χ3n) is 5.93. The summed E-state index contributed by atoms with van der Waals surface area (Å²) in [6, 6.07) is 0. The third kappa shape index (κ3) is 3.94. The fourth-order valence-corrected chi connectivity index (χ4v) is 4.41. The van der Waals surface area contributed by atoms with Crippen molar-refractivity contribution in [3.8, 4) is 0 Å². The molecule has 0 aliphatic heterocycles. The van der Waals surface area contributed by atoms with Crippen LogP contribution in [0.4, 0.5) is 0 Å². The fraction of sp³-hybridized carbons (Fsp3) is 0.727. The molecule has 1 aromatic carbocycles. The van der Waals surface area contributed by atoms with Crippen LogP contribution in [-0.4, -0.2) is 0 Å². The summed E-state index contributed by atoms with van der Waals surface area (Å²) in [5.41, 5.74) is 9.79. The molecule has 0 nitrogen and oxygen atoms in total. The first-order chi connectivity index (χ1) is 9.78. The minimum Gasteiger partial charge on any atom is -0.0599 e. The van der Waals surface area contributed by atoms with Gasteiger partial charge in [0.05, 0.1) is 0 Å². The van der Waals surface area contributed by atoms with Crippen LogP contribution in [0.5, 0.6) is 0 Å². The van der Waals surface area contributed by atoms with Crippen LogP contribution in [0.15, 0.2) is 0 Å². The Bertz CT molecular complexity index is 490. The summed E-state index contributed by atoms with van der Waals surface area (Å²) in [6.45, 7) is 25.8. The lowest BCUT2D eigenvalue weighted by molar-refractivity contribution is 0.0931. The molecule has 0 heterocycles. The summed E-state index contributed by atoms with van der Waals surface area (Å²) in [7, 11) is 0. The second kappa shape index (κ2) is 6.38. The van der Waals surface area contributed by atoms with Gasteiger partial charge in [-0.25, -0.2) is 0 Å². The Balaban J connectivity index is 3.16. The molecule has 0 saturated heterocycles. The van der Waals surface area contributed by atoms with E-state index in [0.717, 1.165) is 5.92 Å². The second-order valence-electron chi connectivity index (χ2n) is 9.43. The van der Waals surface area contributed by atoms with Crippen LogP contribution in [0.25, 0.3) is 0 Å². The molecule has 0 aliphatic carbocycles. The van der Waals surface area contributed by atoms with Gasteiger partial charge >= 0.3 is 0 Å². The Labute approximate surface area is 139 Å². The third-order valence-corrected chi connectivity index (χ3v) is 5.93. The van der Waals surface area contributed by atoms with Crippen molar-refractivity contribution in [3.05, 3.63) is 33.4 Å². The van der Waals surface area contributed by atoms with Crippen LogP contribution in [0.2, 0.25) is 0 Å². The highest BCUT2D eigenvalue weighted by Crippen LogP contribution is 2.43. The molecule has 0 bridgehead atoms. The van der Waals surface area contributed by atoms with Crippen molar-refractivity contribution < 1.29 is 0 Å². The van der Waals surface area contributed by atoms with E-state index < -0.39 is 0 Å². The van der Waals surface area contributed by atoms with Gasteiger partial charge in [-0.2, -0.15) is 0 Å². The van der Waals surface area contributed by atoms with Crippen molar-refractivity contribution in [1.29, 1.82) is 0 Å². The second-order valence-corrected chi connectivity index (χ2v) is 9.43. The zero-order chi connectivity index (χ0) is 17.5. The van der Waals surface area contributed by atoms with Crippen LogP contribution in [0.3, 0.4) is 0 Å². The molecule has 0 heteroatoms. The topological polar surface area (TPSA) is 0 Å². The van der Waals surface area contributed by atoms with Crippen molar-refractivity contribution >= 4 is 0 Å². The maximum atomic E-state index is 2.40. The molecule has 0 atom stereocenters. The van der Waals surface area contributed by atoms with Crippen LogP contribution in [-0.2, 0) is 6.42 Å². The van der Waals surface area contributed by atoms with Crippen molar-refractivity contribution in [1.82, 2.24) is 0 Å². The van der Waals surface area contributed by atoms with Crippen LogP contribution in [0.1, 0.15) is 81.3 Å². The molecule has 1 rings (SSSR count). The number of rotatable bonds is 3.